The Morgan fingerprint density at radius 2 is 1.24 bits per heavy atom. The van der Waals surface area contributed by atoms with Gasteiger partial charge in [-0.1, -0.05) is 53.4 Å². The number of hydrogen-bond acceptors (Lipinski definition) is 1. The number of unbranched alkanes of at least 4 members (excludes halogenated alkanes) is 1. The summed E-state index contributed by atoms with van der Waals surface area (Å²) in [6.07, 6.45) is 9.69. The van der Waals surface area contributed by atoms with Crippen LogP contribution in [0.3, 0.4) is 0 Å². The van der Waals surface area contributed by atoms with Crippen molar-refractivity contribution in [3.63, 3.8) is 0 Å². The molecule has 0 fully saturated rings. The second kappa shape index (κ2) is 11.4. The maximum absolute atomic E-state index is 12.4. The largest absolute Gasteiger partial charge is 0.299 e. The van der Waals surface area contributed by atoms with E-state index in [-0.39, 0.29) is 24.9 Å². The second-order valence-electron chi connectivity index (χ2n) is 5.06. The summed E-state index contributed by atoms with van der Waals surface area (Å²) < 4.78 is 0. The SMILES string of the molecule is CCCCC(=O)C(CCC)(CCC)CCC.[Zn]. The summed E-state index contributed by atoms with van der Waals surface area (Å²) in [7, 11) is 0. The number of ketones is 1. The van der Waals surface area contributed by atoms with Gasteiger partial charge < -0.3 is 0 Å². The van der Waals surface area contributed by atoms with Crippen LogP contribution < -0.4 is 0 Å². The molecular formula is C15H30OZn. The normalized spacial score (nSPS) is 11.1. The monoisotopic (exact) mass is 290 g/mol. The van der Waals surface area contributed by atoms with Gasteiger partial charge in [-0.05, 0) is 25.7 Å². The zero-order valence-electron chi connectivity index (χ0n) is 12.5. The minimum absolute atomic E-state index is 0. The van der Waals surface area contributed by atoms with Gasteiger partial charge in [-0.3, -0.25) is 4.79 Å². The van der Waals surface area contributed by atoms with Crippen molar-refractivity contribution in [1.82, 2.24) is 0 Å². The van der Waals surface area contributed by atoms with E-state index in [1.54, 1.807) is 0 Å². The van der Waals surface area contributed by atoms with Crippen LogP contribution in [-0.4, -0.2) is 5.78 Å². The number of carbonyl (C=O) groups excluding carboxylic acids is 1. The molecule has 0 saturated heterocycles. The molecule has 0 heterocycles. The molecule has 0 radical (unpaired) electrons. The molecule has 0 aromatic rings. The van der Waals surface area contributed by atoms with Crippen molar-refractivity contribution < 1.29 is 24.3 Å². The minimum Gasteiger partial charge on any atom is -0.299 e. The van der Waals surface area contributed by atoms with E-state index in [0.717, 1.165) is 57.8 Å². The van der Waals surface area contributed by atoms with Crippen LogP contribution >= 0.6 is 0 Å². The van der Waals surface area contributed by atoms with Gasteiger partial charge in [-0.2, -0.15) is 0 Å². The van der Waals surface area contributed by atoms with E-state index in [0.29, 0.717) is 5.78 Å². The molecule has 0 aromatic heterocycles. The Kier molecular flexibility index (Phi) is 13.1. The maximum atomic E-state index is 12.4. The molecule has 0 rings (SSSR count). The number of Topliss-reactive ketones (excluding diaryl/α,β-unsaturated/α-hetero) is 1. The molecular weight excluding hydrogens is 262 g/mol. The third-order valence-electron chi connectivity index (χ3n) is 3.53. The van der Waals surface area contributed by atoms with Crippen molar-refractivity contribution in [2.75, 3.05) is 0 Å². The molecule has 0 aliphatic rings. The van der Waals surface area contributed by atoms with Crippen LogP contribution in [0.25, 0.3) is 0 Å². The Bertz CT molecular complexity index is 172. The predicted molar refractivity (Wildman–Crippen MR) is 71.7 cm³/mol. The van der Waals surface area contributed by atoms with Crippen LogP contribution in [0.5, 0.6) is 0 Å². The van der Waals surface area contributed by atoms with Crippen LogP contribution in [0.2, 0.25) is 0 Å². The standard InChI is InChI=1S/C15H30O.Zn/c1-5-9-10-14(16)15(11-6-2,12-7-3)13-8-4;/h5-13H2,1-4H3;. The Hall–Kier alpha value is 0.293. The molecule has 0 saturated carbocycles. The third kappa shape index (κ3) is 6.70. The zero-order chi connectivity index (χ0) is 12.4. The molecule has 0 aliphatic heterocycles. The smallest absolute Gasteiger partial charge is 0.139 e. The molecule has 98 valence electrons. The third-order valence-corrected chi connectivity index (χ3v) is 3.53. The number of hydrogen-bond donors (Lipinski definition) is 0. The summed E-state index contributed by atoms with van der Waals surface area (Å²) in [5.74, 6) is 0.542. The summed E-state index contributed by atoms with van der Waals surface area (Å²) in [6, 6.07) is 0. The molecule has 0 bridgehead atoms. The van der Waals surface area contributed by atoms with E-state index in [4.69, 9.17) is 0 Å². The summed E-state index contributed by atoms with van der Waals surface area (Å²) in [4.78, 5) is 12.4. The van der Waals surface area contributed by atoms with Gasteiger partial charge in [0.1, 0.15) is 5.78 Å². The van der Waals surface area contributed by atoms with Gasteiger partial charge in [0.15, 0.2) is 0 Å². The van der Waals surface area contributed by atoms with Gasteiger partial charge in [0, 0.05) is 31.3 Å². The summed E-state index contributed by atoms with van der Waals surface area (Å²) in [6.45, 7) is 8.77. The molecule has 0 N–H and O–H groups in total. The maximum Gasteiger partial charge on any atom is 0.139 e. The fourth-order valence-electron chi connectivity index (χ4n) is 2.83. The first-order chi connectivity index (χ1) is 7.66. The molecule has 0 spiro atoms. The minimum atomic E-state index is 0. The first-order valence-corrected chi connectivity index (χ1v) is 7.20. The first kappa shape index (κ1) is 19.6. The van der Waals surface area contributed by atoms with Gasteiger partial charge >= 0.3 is 0 Å². The molecule has 2 heteroatoms. The molecule has 0 atom stereocenters. The molecule has 0 aliphatic carbocycles. The van der Waals surface area contributed by atoms with Crippen molar-refractivity contribution in [3.8, 4) is 0 Å². The van der Waals surface area contributed by atoms with Crippen molar-refractivity contribution in [3.05, 3.63) is 0 Å². The Morgan fingerprint density at radius 3 is 1.53 bits per heavy atom. The predicted octanol–water partition coefficient (Wildman–Crippen LogP) is 5.13. The quantitative estimate of drug-likeness (QED) is 0.510. The summed E-state index contributed by atoms with van der Waals surface area (Å²) >= 11 is 0. The topological polar surface area (TPSA) is 17.1 Å². The fraction of sp³-hybridized carbons (Fsp3) is 0.933. The van der Waals surface area contributed by atoms with Crippen molar-refractivity contribution in [2.45, 2.75) is 85.5 Å². The Balaban J connectivity index is 0. The van der Waals surface area contributed by atoms with Gasteiger partial charge in [0.2, 0.25) is 0 Å². The van der Waals surface area contributed by atoms with Crippen LogP contribution in [0.4, 0.5) is 0 Å². The first-order valence-electron chi connectivity index (χ1n) is 7.20. The van der Waals surface area contributed by atoms with Crippen molar-refractivity contribution >= 4 is 5.78 Å². The van der Waals surface area contributed by atoms with E-state index < -0.39 is 0 Å². The van der Waals surface area contributed by atoms with Crippen molar-refractivity contribution in [2.24, 2.45) is 5.41 Å². The summed E-state index contributed by atoms with van der Waals surface area (Å²) in [5.41, 5.74) is 0.0213. The number of carbonyl (C=O) groups is 1. The van der Waals surface area contributed by atoms with E-state index in [1.165, 1.54) is 0 Å². The van der Waals surface area contributed by atoms with Crippen LogP contribution in [0, 0.1) is 5.41 Å². The van der Waals surface area contributed by atoms with Crippen LogP contribution in [-0.2, 0) is 24.3 Å². The van der Waals surface area contributed by atoms with E-state index in [9.17, 15) is 4.79 Å². The Morgan fingerprint density at radius 1 is 0.824 bits per heavy atom. The average Bonchev–Trinajstić information content (AvgIpc) is 2.26. The van der Waals surface area contributed by atoms with Crippen LogP contribution in [0.1, 0.15) is 85.5 Å². The van der Waals surface area contributed by atoms with E-state index in [2.05, 4.69) is 27.7 Å². The molecule has 0 aromatic carbocycles. The van der Waals surface area contributed by atoms with Gasteiger partial charge in [0.25, 0.3) is 0 Å². The molecule has 1 nitrogen and oxygen atoms in total. The van der Waals surface area contributed by atoms with E-state index in [1.807, 2.05) is 0 Å². The Labute approximate surface area is 121 Å². The fourth-order valence-corrected chi connectivity index (χ4v) is 2.83. The van der Waals surface area contributed by atoms with Gasteiger partial charge in [-0.25, -0.2) is 0 Å². The molecule has 0 amide bonds. The van der Waals surface area contributed by atoms with Crippen LogP contribution in [0.15, 0.2) is 0 Å². The van der Waals surface area contributed by atoms with Gasteiger partial charge in [0.05, 0.1) is 0 Å². The van der Waals surface area contributed by atoms with Crippen molar-refractivity contribution in [1.29, 1.82) is 0 Å². The second-order valence-corrected chi connectivity index (χ2v) is 5.06. The molecule has 17 heavy (non-hydrogen) atoms. The molecule has 0 unspecified atom stereocenters. The average molecular weight is 292 g/mol. The number of rotatable bonds is 10. The van der Waals surface area contributed by atoms with Gasteiger partial charge in [-0.15, -0.1) is 0 Å². The zero-order valence-corrected chi connectivity index (χ0v) is 15.4. The van der Waals surface area contributed by atoms with E-state index >= 15 is 0 Å². The summed E-state index contributed by atoms with van der Waals surface area (Å²) in [5, 5.41) is 0.